The fraction of sp³-hybridized carbons (Fsp3) is 0.333. The molecule has 6 heteroatoms. The third kappa shape index (κ3) is 3.07. The van der Waals surface area contributed by atoms with E-state index in [0.717, 1.165) is 63.1 Å². The molecule has 0 spiro atoms. The average molecular weight is 481 g/mol. The maximum absolute atomic E-state index is 13.2. The van der Waals surface area contributed by atoms with Crippen molar-refractivity contribution in [2.75, 3.05) is 6.54 Å². The Morgan fingerprint density at radius 3 is 1.92 bits per heavy atom. The second-order valence-corrected chi connectivity index (χ2v) is 10.5. The van der Waals surface area contributed by atoms with Crippen LogP contribution < -0.4 is 5.32 Å². The van der Waals surface area contributed by atoms with Crippen LogP contribution in [-0.4, -0.2) is 44.5 Å². The molecule has 1 aliphatic rings. The summed E-state index contributed by atoms with van der Waals surface area (Å²) in [5.74, 6) is -0.608. The van der Waals surface area contributed by atoms with Crippen LogP contribution in [0.25, 0.3) is 43.6 Å². The van der Waals surface area contributed by atoms with Crippen molar-refractivity contribution in [3.05, 3.63) is 59.7 Å². The number of rotatable bonds is 6. The SMILES string of the molecule is CC(C)N(CCCn1c2ccccc2c2c3c(c4c5ccccc5n(C)c4c21)C(=O)NC3=O)C(C)C. The molecule has 6 rings (SSSR count). The van der Waals surface area contributed by atoms with Crippen LogP contribution >= 0.6 is 0 Å². The minimum atomic E-state index is -0.306. The van der Waals surface area contributed by atoms with Crippen LogP contribution in [0.2, 0.25) is 0 Å². The van der Waals surface area contributed by atoms with Crippen molar-refractivity contribution in [2.24, 2.45) is 7.05 Å². The molecule has 1 aliphatic heterocycles. The van der Waals surface area contributed by atoms with Crippen molar-refractivity contribution in [1.29, 1.82) is 0 Å². The molecule has 2 aromatic heterocycles. The van der Waals surface area contributed by atoms with Crippen molar-refractivity contribution in [1.82, 2.24) is 19.4 Å². The van der Waals surface area contributed by atoms with E-state index in [4.69, 9.17) is 0 Å². The third-order valence-corrected chi connectivity index (χ3v) is 7.86. The van der Waals surface area contributed by atoms with Crippen molar-refractivity contribution in [3.8, 4) is 0 Å². The van der Waals surface area contributed by atoms with E-state index in [1.165, 1.54) is 0 Å². The topological polar surface area (TPSA) is 59.3 Å². The number of benzene rings is 3. The number of nitrogens with zero attached hydrogens (tertiary/aromatic N) is 3. The van der Waals surface area contributed by atoms with Crippen LogP contribution in [0.5, 0.6) is 0 Å². The summed E-state index contributed by atoms with van der Waals surface area (Å²) in [5, 5.41) is 6.36. The summed E-state index contributed by atoms with van der Waals surface area (Å²) in [5.41, 5.74) is 5.22. The fourth-order valence-corrected chi connectivity index (χ4v) is 6.41. The number of nitrogens with one attached hydrogen (secondary N) is 1. The largest absolute Gasteiger partial charge is 0.342 e. The molecule has 0 radical (unpaired) electrons. The highest BCUT2D eigenvalue weighted by atomic mass is 16.2. The van der Waals surface area contributed by atoms with Gasteiger partial charge in [0.05, 0.1) is 22.2 Å². The lowest BCUT2D eigenvalue weighted by molar-refractivity contribution is 0.0880. The Hall–Kier alpha value is -3.64. The smallest absolute Gasteiger partial charge is 0.259 e. The molecule has 0 fully saturated rings. The van der Waals surface area contributed by atoms with Crippen LogP contribution in [0.4, 0.5) is 0 Å². The molecule has 3 aromatic carbocycles. The lowest BCUT2D eigenvalue weighted by atomic mass is 9.96. The predicted molar refractivity (Wildman–Crippen MR) is 147 cm³/mol. The first-order chi connectivity index (χ1) is 17.3. The molecule has 1 N–H and O–H groups in total. The Bertz CT molecular complexity index is 1690. The number of imide groups is 1. The van der Waals surface area contributed by atoms with Gasteiger partial charge in [-0.3, -0.25) is 19.8 Å². The quantitative estimate of drug-likeness (QED) is 0.311. The summed E-state index contributed by atoms with van der Waals surface area (Å²) in [6.45, 7) is 10.8. The van der Waals surface area contributed by atoms with Gasteiger partial charge >= 0.3 is 0 Å². The first-order valence-electron chi connectivity index (χ1n) is 12.9. The number of aryl methyl sites for hydroxylation is 2. The molecule has 0 bridgehead atoms. The Balaban J connectivity index is 1.70. The number of hydrogen-bond acceptors (Lipinski definition) is 3. The van der Waals surface area contributed by atoms with E-state index in [-0.39, 0.29) is 11.8 Å². The molecule has 5 aromatic rings. The molecule has 0 saturated heterocycles. The molecule has 0 aliphatic carbocycles. The number of amides is 2. The van der Waals surface area contributed by atoms with Crippen molar-refractivity contribution in [2.45, 2.75) is 52.7 Å². The standard InChI is InChI=1S/C30H32N4O2/c1-17(2)33(18(3)4)15-10-16-34-22-14-9-7-12-20(22)24-26-25(29(35)31-30(26)36)23-19-11-6-8-13-21(19)32(5)27(23)28(24)34/h6-9,11-14,17-18H,10,15-16H2,1-5H3,(H,31,35,36). The zero-order valence-electron chi connectivity index (χ0n) is 21.6. The maximum atomic E-state index is 13.2. The minimum absolute atomic E-state index is 0.302. The summed E-state index contributed by atoms with van der Waals surface area (Å²) in [6.07, 6.45) is 0.984. The summed E-state index contributed by atoms with van der Waals surface area (Å²) in [4.78, 5) is 28.9. The highest BCUT2D eigenvalue weighted by Gasteiger charge is 2.36. The molecule has 0 atom stereocenters. The van der Waals surface area contributed by atoms with Gasteiger partial charge in [-0.2, -0.15) is 0 Å². The molecule has 36 heavy (non-hydrogen) atoms. The zero-order valence-corrected chi connectivity index (χ0v) is 21.6. The van der Waals surface area contributed by atoms with Crippen LogP contribution in [0.3, 0.4) is 0 Å². The van der Waals surface area contributed by atoms with Gasteiger partial charge in [0.2, 0.25) is 0 Å². The molecule has 6 nitrogen and oxygen atoms in total. The van der Waals surface area contributed by atoms with Crippen molar-refractivity contribution in [3.63, 3.8) is 0 Å². The first-order valence-corrected chi connectivity index (χ1v) is 12.9. The lowest BCUT2D eigenvalue weighted by Gasteiger charge is -2.30. The first kappa shape index (κ1) is 22.8. The van der Waals surface area contributed by atoms with Gasteiger partial charge in [-0.1, -0.05) is 36.4 Å². The monoisotopic (exact) mass is 480 g/mol. The second-order valence-electron chi connectivity index (χ2n) is 10.5. The predicted octanol–water partition coefficient (Wildman–Crippen LogP) is 5.83. The summed E-state index contributed by atoms with van der Waals surface area (Å²) in [7, 11) is 2.06. The number of aromatic nitrogens is 2. The van der Waals surface area contributed by atoms with Crippen LogP contribution in [0, 0.1) is 0 Å². The van der Waals surface area contributed by atoms with E-state index in [1.54, 1.807) is 0 Å². The van der Waals surface area contributed by atoms with Crippen LogP contribution in [-0.2, 0) is 13.6 Å². The van der Waals surface area contributed by atoms with Gasteiger partial charge in [-0.25, -0.2) is 0 Å². The average Bonchev–Trinajstić information content (AvgIpc) is 3.44. The van der Waals surface area contributed by atoms with Gasteiger partial charge in [-0.15, -0.1) is 0 Å². The van der Waals surface area contributed by atoms with E-state index in [0.29, 0.717) is 23.2 Å². The normalized spacial score (nSPS) is 14.0. The highest BCUT2D eigenvalue weighted by Crippen LogP contribution is 2.44. The van der Waals surface area contributed by atoms with Crippen LogP contribution in [0.1, 0.15) is 54.8 Å². The fourth-order valence-electron chi connectivity index (χ4n) is 6.41. The van der Waals surface area contributed by atoms with Gasteiger partial charge in [0.15, 0.2) is 0 Å². The molecule has 0 unspecified atom stereocenters. The third-order valence-electron chi connectivity index (χ3n) is 7.86. The lowest BCUT2D eigenvalue weighted by Crippen LogP contribution is -2.38. The second kappa shape index (κ2) is 8.20. The summed E-state index contributed by atoms with van der Waals surface area (Å²) in [6, 6.07) is 17.4. The van der Waals surface area contributed by atoms with E-state index < -0.39 is 0 Å². The minimum Gasteiger partial charge on any atom is -0.342 e. The van der Waals surface area contributed by atoms with E-state index in [9.17, 15) is 9.59 Å². The van der Waals surface area contributed by atoms with Crippen molar-refractivity contribution < 1.29 is 9.59 Å². The van der Waals surface area contributed by atoms with E-state index in [2.05, 4.69) is 84.4 Å². The molecule has 2 amide bonds. The van der Waals surface area contributed by atoms with Gasteiger partial charge in [0, 0.05) is 64.8 Å². The molecule has 0 saturated carbocycles. The van der Waals surface area contributed by atoms with Crippen LogP contribution in [0.15, 0.2) is 48.5 Å². The number of para-hydroxylation sites is 2. The number of carbonyl (C=O) groups is 2. The molecular formula is C30H32N4O2. The van der Waals surface area contributed by atoms with E-state index >= 15 is 0 Å². The number of fused-ring (bicyclic) bond motifs is 10. The molecule has 184 valence electrons. The summed E-state index contributed by atoms with van der Waals surface area (Å²) >= 11 is 0. The highest BCUT2D eigenvalue weighted by molar-refractivity contribution is 6.39. The summed E-state index contributed by atoms with van der Waals surface area (Å²) < 4.78 is 4.56. The maximum Gasteiger partial charge on any atom is 0.259 e. The number of hydrogen-bond donors (Lipinski definition) is 1. The Morgan fingerprint density at radius 2 is 1.31 bits per heavy atom. The van der Waals surface area contributed by atoms with Gasteiger partial charge < -0.3 is 9.13 Å². The van der Waals surface area contributed by atoms with Crippen molar-refractivity contribution >= 4 is 55.4 Å². The zero-order chi connectivity index (χ0) is 25.3. The molecule has 3 heterocycles. The van der Waals surface area contributed by atoms with Gasteiger partial charge in [0.25, 0.3) is 11.8 Å². The Labute approximate surface area is 210 Å². The Morgan fingerprint density at radius 1 is 0.778 bits per heavy atom. The van der Waals surface area contributed by atoms with E-state index in [1.807, 2.05) is 18.2 Å². The van der Waals surface area contributed by atoms with Gasteiger partial charge in [0.1, 0.15) is 0 Å². The molecular weight excluding hydrogens is 448 g/mol. The Kier molecular flexibility index (Phi) is 5.20. The van der Waals surface area contributed by atoms with Gasteiger partial charge in [-0.05, 0) is 46.2 Å². The number of carbonyl (C=O) groups excluding carboxylic acids is 2.